The Morgan fingerprint density at radius 3 is 2.24 bits per heavy atom. The van der Waals surface area contributed by atoms with Gasteiger partial charge in [-0.2, -0.15) is 4.73 Å². The van der Waals surface area contributed by atoms with E-state index in [0.29, 0.717) is 22.1 Å². The van der Waals surface area contributed by atoms with Gasteiger partial charge >= 0.3 is 0 Å². The molecular weight excluding hydrogens is 260 g/mol. The van der Waals surface area contributed by atoms with Gasteiger partial charge < -0.3 is 5.21 Å². The van der Waals surface area contributed by atoms with Gasteiger partial charge in [-0.25, -0.2) is 4.98 Å². The molecule has 3 heteroatoms. The van der Waals surface area contributed by atoms with Crippen molar-refractivity contribution >= 4 is 22.1 Å². The predicted molar refractivity (Wildman–Crippen MR) is 83.6 cm³/mol. The first kappa shape index (κ1) is 11.9. The Labute approximate surface area is 121 Å². The molecule has 0 saturated heterocycles. The summed E-state index contributed by atoms with van der Waals surface area (Å²) in [5.41, 5.74) is 4.79. The zero-order valence-corrected chi connectivity index (χ0v) is 11.2. The molecule has 0 saturated carbocycles. The number of hydrogen-bond acceptors (Lipinski definition) is 2. The molecule has 0 aliphatic heterocycles. The van der Waals surface area contributed by atoms with Crippen molar-refractivity contribution in [1.82, 2.24) is 4.98 Å². The third-order valence-corrected chi connectivity index (χ3v) is 3.64. The van der Waals surface area contributed by atoms with Crippen LogP contribution in [0.1, 0.15) is 0 Å². The van der Waals surface area contributed by atoms with Crippen LogP contribution in [0.3, 0.4) is 0 Å². The lowest BCUT2D eigenvalue weighted by atomic mass is 10.1. The predicted octanol–water partition coefficient (Wildman–Crippen LogP) is 3.69. The highest BCUT2D eigenvalue weighted by molar-refractivity contribution is 5.85. The minimum atomic E-state index is 0.591. The quantitative estimate of drug-likeness (QED) is 0.301. The first-order valence-corrected chi connectivity index (χ1v) is 6.80. The van der Waals surface area contributed by atoms with Crippen molar-refractivity contribution in [3.8, 4) is 11.1 Å². The lowest BCUT2D eigenvalue weighted by Gasteiger charge is -2.07. The van der Waals surface area contributed by atoms with Crippen molar-refractivity contribution in [2.75, 3.05) is 0 Å². The summed E-state index contributed by atoms with van der Waals surface area (Å²) < 4.78 is 0.951. The van der Waals surface area contributed by atoms with E-state index in [4.69, 9.17) is 0 Å². The first-order valence-electron chi connectivity index (χ1n) is 6.80. The molecule has 0 aliphatic carbocycles. The van der Waals surface area contributed by atoms with Crippen LogP contribution in [0.5, 0.6) is 0 Å². The summed E-state index contributed by atoms with van der Waals surface area (Å²) in [6.07, 6.45) is 0. The Balaban J connectivity index is 2.02. The number of fused-ring (bicyclic) bond motifs is 2. The zero-order chi connectivity index (χ0) is 14.2. The fraction of sp³-hybridized carbons (Fsp3) is 0. The van der Waals surface area contributed by atoms with Gasteiger partial charge in [0.25, 0.3) is 0 Å². The Hall–Kier alpha value is -2.94. The summed E-state index contributed by atoms with van der Waals surface area (Å²) >= 11 is 0. The van der Waals surface area contributed by atoms with Gasteiger partial charge in [0, 0.05) is 12.1 Å². The number of rotatable bonds is 1. The second kappa shape index (κ2) is 4.56. The Kier molecular flexibility index (Phi) is 2.57. The third kappa shape index (κ3) is 1.91. The largest absolute Gasteiger partial charge is 0.618 e. The minimum absolute atomic E-state index is 0.591. The average molecular weight is 272 g/mol. The highest BCUT2D eigenvalue weighted by Crippen LogP contribution is 2.23. The Morgan fingerprint density at radius 2 is 1.38 bits per heavy atom. The summed E-state index contributed by atoms with van der Waals surface area (Å²) in [4.78, 5) is 4.60. The van der Waals surface area contributed by atoms with E-state index >= 15 is 0 Å². The van der Waals surface area contributed by atoms with E-state index in [0.717, 1.165) is 15.9 Å². The maximum Gasteiger partial charge on any atom is 0.242 e. The van der Waals surface area contributed by atoms with Crippen LogP contribution in [0.4, 0.5) is 0 Å². The Morgan fingerprint density at radius 1 is 0.667 bits per heavy atom. The second-order valence-electron chi connectivity index (χ2n) is 4.96. The molecule has 0 aliphatic rings. The highest BCUT2D eigenvalue weighted by atomic mass is 16.5. The second-order valence-corrected chi connectivity index (χ2v) is 4.96. The number of benzene rings is 3. The van der Waals surface area contributed by atoms with Gasteiger partial charge in [-0.3, -0.25) is 0 Å². The minimum Gasteiger partial charge on any atom is -0.618 e. The number of nitrogens with zero attached hydrogens (tertiary/aromatic N) is 2. The number of para-hydroxylation sites is 2. The average Bonchev–Trinajstić information content (AvgIpc) is 2.55. The fourth-order valence-electron chi connectivity index (χ4n) is 2.58. The first-order chi connectivity index (χ1) is 10.3. The van der Waals surface area contributed by atoms with Gasteiger partial charge in [0.05, 0.1) is 0 Å². The molecule has 21 heavy (non-hydrogen) atoms. The molecule has 0 unspecified atom stereocenters. The van der Waals surface area contributed by atoms with E-state index in [9.17, 15) is 5.21 Å². The van der Waals surface area contributed by atoms with Crippen LogP contribution in [0.25, 0.3) is 33.2 Å². The molecule has 1 aromatic heterocycles. The molecule has 4 rings (SSSR count). The molecule has 0 fully saturated rings. The lowest BCUT2D eigenvalue weighted by molar-refractivity contribution is -0.548. The van der Waals surface area contributed by atoms with Gasteiger partial charge in [-0.15, -0.1) is 0 Å². The molecule has 3 nitrogen and oxygen atoms in total. The summed E-state index contributed by atoms with van der Waals surface area (Å²) in [6.45, 7) is 0. The molecule has 1 heterocycles. The van der Waals surface area contributed by atoms with E-state index in [1.54, 1.807) is 6.07 Å². The van der Waals surface area contributed by atoms with E-state index in [-0.39, 0.29) is 0 Å². The SMILES string of the molecule is [O-][n+]1c2ccccc2nc2cc(-c3ccccc3)ccc21. The number of hydrogen-bond donors (Lipinski definition) is 0. The van der Waals surface area contributed by atoms with Gasteiger partial charge in [-0.1, -0.05) is 42.5 Å². The molecule has 100 valence electrons. The van der Waals surface area contributed by atoms with Crippen molar-refractivity contribution in [2.24, 2.45) is 0 Å². The Bertz CT molecular complexity index is 949. The normalized spacial score (nSPS) is 11.0. The van der Waals surface area contributed by atoms with Crippen LogP contribution in [0.2, 0.25) is 0 Å². The van der Waals surface area contributed by atoms with Crippen molar-refractivity contribution < 1.29 is 4.73 Å². The zero-order valence-electron chi connectivity index (χ0n) is 11.2. The molecular formula is C18H12N2O. The molecule has 0 bridgehead atoms. The van der Waals surface area contributed by atoms with Crippen molar-refractivity contribution in [2.45, 2.75) is 0 Å². The van der Waals surface area contributed by atoms with E-state index in [1.807, 2.05) is 66.7 Å². The summed E-state index contributed by atoms with van der Waals surface area (Å²) in [7, 11) is 0. The van der Waals surface area contributed by atoms with Crippen LogP contribution in [0, 0.1) is 5.21 Å². The molecule has 0 N–H and O–H groups in total. The third-order valence-electron chi connectivity index (χ3n) is 3.64. The van der Waals surface area contributed by atoms with Gasteiger partial charge in [0.1, 0.15) is 11.0 Å². The fourth-order valence-corrected chi connectivity index (χ4v) is 2.58. The van der Waals surface area contributed by atoms with Gasteiger partial charge in [0.2, 0.25) is 11.0 Å². The van der Waals surface area contributed by atoms with Crippen molar-refractivity contribution in [1.29, 1.82) is 0 Å². The molecule has 0 atom stereocenters. The smallest absolute Gasteiger partial charge is 0.242 e. The van der Waals surface area contributed by atoms with Crippen molar-refractivity contribution in [3.63, 3.8) is 0 Å². The lowest BCUT2D eigenvalue weighted by Crippen LogP contribution is -2.28. The van der Waals surface area contributed by atoms with Crippen LogP contribution in [-0.4, -0.2) is 4.98 Å². The van der Waals surface area contributed by atoms with Crippen molar-refractivity contribution in [3.05, 3.63) is 78.0 Å². The summed E-state index contributed by atoms with van der Waals surface area (Å²) in [6, 6.07) is 23.2. The standard InChI is InChI=1S/C18H12N2O/c21-20-17-9-5-4-8-15(17)19-16-12-14(10-11-18(16)20)13-6-2-1-3-7-13/h1-12H. The van der Waals surface area contributed by atoms with E-state index < -0.39 is 0 Å². The van der Waals surface area contributed by atoms with Crippen LogP contribution >= 0.6 is 0 Å². The van der Waals surface area contributed by atoms with Gasteiger partial charge in [0.15, 0.2) is 0 Å². The molecule has 0 spiro atoms. The topological polar surface area (TPSA) is 39.8 Å². The van der Waals surface area contributed by atoms with E-state index in [2.05, 4.69) is 4.98 Å². The highest BCUT2D eigenvalue weighted by Gasteiger charge is 2.12. The molecule has 0 radical (unpaired) electrons. The van der Waals surface area contributed by atoms with Crippen LogP contribution < -0.4 is 4.73 Å². The molecule has 4 aromatic rings. The maximum absolute atomic E-state index is 12.4. The molecule has 3 aromatic carbocycles. The van der Waals surface area contributed by atoms with Crippen LogP contribution in [0.15, 0.2) is 72.8 Å². The summed E-state index contributed by atoms with van der Waals surface area (Å²) in [5.74, 6) is 0. The molecule has 0 amide bonds. The van der Waals surface area contributed by atoms with Gasteiger partial charge in [-0.05, 0) is 29.3 Å². The monoisotopic (exact) mass is 272 g/mol. The summed E-state index contributed by atoms with van der Waals surface area (Å²) in [5, 5.41) is 12.4. The maximum atomic E-state index is 12.4. The van der Waals surface area contributed by atoms with E-state index in [1.165, 1.54) is 0 Å². The number of aromatic nitrogens is 2. The van der Waals surface area contributed by atoms with Crippen LogP contribution in [-0.2, 0) is 0 Å².